The number of hydrogen-bond acceptors (Lipinski definition) is 1. The minimum atomic E-state index is -0.244. The molecule has 1 nitrogen and oxygen atoms in total. The second-order valence-corrected chi connectivity index (χ2v) is 4.73. The average Bonchev–Trinajstić information content (AvgIpc) is 2.37. The Morgan fingerprint density at radius 1 is 0.947 bits per heavy atom. The third-order valence-corrected chi connectivity index (χ3v) is 3.35. The summed E-state index contributed by atoms with van der Waals surface area (Å²) in [6, 6.07) is 9.70. The highest BCUT2D eigenvalue weighted by atomic mass is 19.1. The van der Waals surface area contributed by atoms with Crippen molar-refractivity contribution < 1.29 is 8.78 Å². The van der Waals surface area contributed by atoms with Crippen molar-refractivity contribution in [2.45, 2.75) is 19.9 Å². The van der Waals surface area contributed by atoms with Gasteiger partial charge in [-0.1, -0.05) is 18.2 Å². The van der Waals surface area contributed by atoms with Gasteiger partial charge in [-0.3, -0.25) is 0 Å². The molecule has 1 N–H and O–H groups in total. The standard InChI is InChI=1S/C16H17F2N/c1-10-9-13(17)5-6-14(10)16(19-3)12-4-7-15(18)11(2)8-12/h4-9,16,19H,1-3H3. The highest BCUT2D eigenvalue weighted by Gasteiger charge is 2.15. The lowest BCUT2D eigenvalue weighted by Gasteiger charge is -2.20. The lowest BCUT2D eigenvalue weighted by atomic mass is 9.94. The molecule has 0 aliphatic rings. The molecule has 2 rings (SSSR count). The van der Waals surface area contributed by atoms with E-state index in [-0.39, 0.29) is 17.7 Å². The van der Waals surface area contributed by atoms with E-state index in [0.29, 0.717) is 5.56 Å². The van der Waals surface area contributed by atoms with Crippen molar-refractivity contribution in [2.75, 3.05) is 7.05 Å². The molecule has 0 radical (unpaired) electrons. The number of benzene rings is 2. The van der Waals surface area contributed by atoms with Crippen LogP contribution in [-0.2, 0) is 0 Å². The molecule has 1 unspecified atom stereocenters. The van der Waals surface area contributed by atoms with E-state index >= 15 is 0 Å². The molecule has 0 saturated heterocycles. The van der Waals surface area contributed by atoms with E-state index in [1.807, 2.05) is 20.0 Å². The van der Waals surface area contributed by atoms with E-state index in [1.54, 1.807) is 19.1 Å². The van der Waals surface area contributed by atoms with Gasteiger partial charge in [0.25, 0.3) is 0 Å². The molecule has 3 heteroatoms. The Morgan fingerprint density at radius 3 is 2.26 bits per heavy atom. The summed E-state index contributed by atoms with van der Waals surface area (Å²) in [5, 5.41) is 3.20. The number of halogens is 2. The van der Waals surface area contributed by atoms with Crippen LogP contribution < -0.4 is 5.32 Å². The average molecular weight is 261 g/mol. The molecule has 0 bridgehead atoms. The lowest BCUT2D eigenvalue weighted by Crippen LogP contribution is -2.19. The van der Waals surface area contributed by atoms with E-state index in [4.69, 9.17) is 0 Å². The Balaban J connectivity index is 2.46. The number of nitrogens with one attached hydrogen (secondary N) is 1. The van der Waals surface area contributed by atoms with Crippen LogP contribution in [0.2, 0.25) is 0 Å². The quantitative estimate of drug-likeness (QED) is 0.883. The van der Waals surface area contributed by atoms with Gasteiger partial charge in [-0.15, -0.1) is 0 Å². The van der Waals surface area contributed by atoms with Crippen LogP contribution in [-0.4, -0.2) is 7.05 Å². The van der Waals surface area contributed by atoms with Crippen LogP contribution in [0.4, 0.5) is 8.78 Å². The number of rotatable bonds is 3. The molecular formula is C16H17F2N. The van der Waals surface area contributed by atoms with Crippen LogP contribution in [0, 0.1) is 25.5 Å². The Bertz CT molecular complexity index is 593. The zero-order valence-corrected chi connectivity index (χ0v) is 11.3. The highest BCUT2D eigenvalue weighted by molar-refractivity contribution is 5.38. The summed E-state index contributed by atoms with van der Waals surface area (Å²) < 4.78 is 26.5. The monoisotopic (exact) mass is 261 g/mol. The minimum absolute atomic E-state index is 0.0695. The molecule has 19 heavy (non-hydrogen) atoms. The molecule has 2 aromatic rings. The molecule has 0 spiro atoms. The van der Waals surface area contributed by atoms with Crippen molar-refractivity contribution >= 4 is 0 Å². The van der Waals surface area contributed by atoms with Gasteiger partial charge in [0.05, 0.1) is 6.04 Å². The van der Waals surface area contributed by atoms with Crippen LogP contribution in [0.25, 0.3) is 0 Å². The van der Waals surface area contributed by atoms with Crippen LogP contribution in [0.15, 0.2) is 36.4 Å². The first kappa shape index (κ1) is 13.7. The zero-order chi connectivity index (χ0) is 14.0. The van der Waals surface area contributed by atoms with Gasteiger partial charge >= 0.3 is 0 Å². The van der Waals surface area contributed by atoms with Gasteiger partial charge in [0, 0.05) is 0 Å². The maximum atomic E-state index is 13.3. The summed E-state index contributed by atoms with van der Waals surface area (Å²) in [5.74, 6) is -0.458. The van der Waals surface area contributed by atoms with Gasteiger partial charge in [0.1, 0.15) is 11.6 Å². The van der Waals surface area contributed by atoms with Crippen molar-refractivity contribution in [3.63, 3.8) is 0 Å². The molecule has 100 valence electrons. The molecule has 0 aromatic heterocycles. The Hall–Kier alpha value is -1.74. The van der Waals surface area contributed by atoms with Crippen LogP contribution >= 0.6 is 0 Å². The number of aryl methyl sites for hydroxylation is 2. The normalized spacial score (nSPS) is 12.5. The molecule has 1 atom stereocenters. The summed E-state index contributed by atoms with van der Waals surface area (Å²) in [4.78, 5) is 0. The van der Waals surface area contributed by atoms with E-state index in [0.717, 1.165) is 16.7 Å². The summed E-state index contributed by atoms with van der Waals surface area (Å²) in [7, 11) is 1.84. The Kier molecular flexibility index (Phi) is 3.96. The Morgan fingerprint density at radius 2 is 1.68 bits per heavy atom. The van der Waals surface area contributed by atoms with Crippen molar-refractivity contribution in [2.24, 2.45) is 0 Å². The van der Waals surface area contributed by atoms with Crippen molar-refractivity contribution in [1.82, 2.24) is 5.32 Å². The van der Waals surface area contributed by atoms with Crippen molar-refractivity contribution in [3.8, 4) is 0 Å². The number of hydrogen-bond donors (Lipinski definition) is 1. The van der Waals surface area contributed by atoms with Crippen molar-refractivity contribution in [1.29, 1.82) is 0 Å². The predicted molar refractivity (Wildman–Crippen MR) is 73.2 cm³/mol. The topological polar surface area (TPSA) is 12.0 Å². The molecular weight excluding hydrogens is 244 g/mol. The third-order valence-electron chi connectivity index (χ3n) is 3.35. The van der Waals surface area contributed by atoms with Gasteiger partial charge in [-0.2, -0.15) is 0 Å². The van der Waals surface area contributed by atoms with Gasteiger partial charge in [0.15, 0.2) is 0 Å². The molecule has 0 fully saturated rings. The van der Waals surface area contributed by atoms with Crippen LogP contribution in [0.3, 0.4) is 0 Å². The van der Waals surface area contributed by atoms with Gasteiger partial charge in [0.2, 0.25) is 0 Å². The van der Waals surface area contributed by atoms with Gasteiger partial charge in [-0.05, 0) is 61.3 Å². The SMILES string of the molecule is CNC(c1ccc(F)c(C)c1)c1ccc(F)cc1C. The predicted octanol–water partition coefficient (Wildman–Crippen LogP) is 3.89. The van der Waals surface area contributed by atoms with Gasteiger partial charge < -0.3 is 5.32 Å². The Labute approximate surface area is 112 Å². The van der Waals surface area contributed by atoms with E-state index in [9.17, 15) is 8.78 Å². The molecule has 0 amide bonds. The van der Waals surface area contributed by atoms with Crippen molar-refractivity contribution in [3.05, 3.63) is 70.3 Å². The fourth-order valence-corrected chi connectivity index (χ4v) is 2.31. The first-order chi connectivity index (χ1) is 9.02. The smallest absolute Gasteiger partial charge is 0.126 e. The van der Waals surface area contributed by atoms with E-state index in [1.165, 1.54) is 18.2 Å². The fraction of sp³-hybridized carbons (Fsp3) is 0.250. The van der Waals surface area contributed by atoms with E-state index in [2.05, 4.69) is 5.32 Å². The summed E-state index contributed by atoms with van der Waals surface area (Å²) in [6.45, 7) is 3.61. The summed E-state index contributed by atoms with van der Waals surface area (Å²) in [6.07, 6.45) is 0. The maximum Gasteiger partial charge on any atom is 0.126 e. The van der Waals surface area contributed by atoms with Crippen LogP contribution in [0.1, 0.15) is 28.3 Å². The molecule has 0 saturated carbocycles. The van der Waals surface area contributed by atoms with Crippen LogP contribution in [0.5, 0.6) is 0 Å². The summed E-state index contributed by atoms with van der Waals surface area (Å²) in [5.41, 5.74) is 3.45. The fourth-order valence-electron chi connectivity index (χ4n) is 2.31. The molecule has 2 aromatic carbocycles. The largest absolute Gasteiger partial charge is 0.309 e. The summed E-state index contributed by atoms with van der Waals surface area (Å²) >= 11 is 0. The maximum absolute atomic E-state index is 13.3. The molecule has 0 aliphatic carbocycles. The van der Waals surface area contributed by atoms with E-state index < -0.39 is 0 Å². The highest BCUT2D eigenvalue weighted by Crippen LogP contribution is 2.26. The minimum Gasteiger partial charge on any atom is -0.309 e. The lowest BCUT2D eigenvalue weighted by molar-refractivity contribution is 0.612. The molecule has 0 heterocycles. The first-order valence-electron chi connectivity index (χ1n) is 6.22. The second-order valence-electron chi connectivity index (χ2n) is 4.73. The molecule has 0 aliphatic heterocycles. The zero-order valence-electron chi connectivity index (χ0n) is 11.3. The second kappa shape index (κ2) is 5.49. The van der Waals surface area contributed by atoms with Gasteiger partial charge in [-0.25, -0.2) is 8.78 Å². The first-order valence-corrected chi connectivity index (χ1v) is 6.22. The third kappa shape index (κ3) is 2.82.